The van der Waals surface area contributed by atoms with Gasteiger partial charge in [-0.05, 0) is 6.42 Å². The van der Waals surface area contributed by atoms with Crippen LogP contribution in [0.15, 0.2) is 12.1 Å². The van der Waals surface area contributed by atoms with E-state index < -0.39 is 11.0 Å². The lowest BCUT2D eigenvalue weighted by Crippen LogP contribution is -2.11. The molecule has 0 unspecified atom stereocenters. The monoisotopic (exact) mass is 268 g/mol. The van der Waals surface area contributed by atoms with Crippen LogP contribution in [-0.2, 0) is 0 Å². The van der Waals surface area contributed by atoms with Gasteiger partial charge in [0, 0.05) is 17.7 Å². The third kappa shape index (κ3) is 3.82. The van der Waals surface area contributed by atoms with Crippen molar-refractivity contribution in [3.8, 4) is 11.5 Å². The van der Waals surface area contributed by atoms with Crippen molar-refractivity contribution in [2.45, 2.75) is 38.6 Å². The quantitative estimate of drug-likeness (QED) is 0.450. The summed E-state index contributed by atoms with van der Waals surface area (Å²) in [6.45, 7) is 2.08. The number of nitro groups is 1. The zero-order chi connectivity index (χ0) is 14.4. The lowest BCUT2D eigenvalue weighted by atomic mass is 9.99. The van der Waals surface area contributed by atoms with Crippen LogP contribution in [0.1, 0.15) is 44.2 Å². The van der Waals surface area contributed by atoms with Crippen LogP contribution >= 0.6 is 0 Å². The van der Waals surface area contributed by atoms with Crippen LogP contribution in [0.2, 0.25) is 0 Å². The van der Waals surface area contributed by atoms with Crippen molar-refractivity contribution < 1.29 is 14.8 Å². The standard InChI is InChI=1S/C13H20N2O4/c1-3-4-5-6-11(14)10-7-9(15(17)18)8-12(19-2)13(10)16/h7-8,11,16H,3-6,14H2,1-2H3/t11-/m1/s1. The fraction of sp³-hybridized carbons (Fsp3) is 0.538. The van der Waals surface area contributed by atoms with Crippen LogP contribution in [0.4, 0.5) is 5.69 Å². The molecule has 0 amide bonds. The molecule has 1 aromatic carbocycles. The van der Waals surface area contributed by atoms with E-state index >= 15 is 0 Å². The third-order valence-electron chi connectivity index (χ3n) is 3.04. The molecule has 0 bridgehead atoms. The SMILES string of the molecule is CCCCC[C@@H](N)c1cc([N+](=O)[O-])cc(OC)c1O. The third-order valence-corrected chi connectivity index (χ3v) is 3.04. The molecule has 19 heavy (non-hydrogen) atoms. The van der Waals surface area contributed by atoms with Gasteiger partial charge in [0.2, 0.25) is 0 Å². The number of hydrogen-bond acceptors (Lipinski definition) is 5. The van der Waals surface area contributed by atoms with Gasteiger partial charge in [-0.3, -0.25) is 10.1 Å². The van der Waals surface area contributed by atoms with Gasteiger partial charge in [0.15, 0.2) is 11.5 Å². The van der Waals surface area contributed by atoms with Crippen molar-refractivity contribution in [1.82, 2.24) is 0 Å². The van der Waals surface area contributed by atoms with Crippen LogP contribution < -0.4 is 10.5 Å². The first-order chi connectivity index (χ1) is 9.01. The molecular weight excluding hydrogens is 248 g/mol. The second-order valence-electron chi connectivity index (χ2n) is 4.45. The summed E-state index contributed by atoms with van der Waals surface area (Å²) < 4.78 is 4.94. The highest BCUT2D eigenvalue weighted by molar-refractivity contribution is 5.54. The Bertz CT molecular complexity index is 449. The summed E-state index contributed by atoms with van der Waals surface area (Å²) in [6, 6.07) is 2.08. The van der Waals surface area contributed by atoms with Gasteiger partial charge in [0.05, 0.1) is 18.1 Å². The first-order valence-corrected chi connectivity index (χ1v) is 6.32. The molecule has 0 fully saturated rings. The van der Waals surface area contributed by atoms with Crippen LogP contribution in [-0.4, -0.2) is 17.1 Å². The fourth-order valence-electron chi connectivity index (χ4n) is 1.93. The molecule has 0 spiro atoms. The number of rotatable bonds is 7. The number of benzene rings is 1. The number of unbranched alkanes of at least 4 members (excludes halogenated alkanes) is 2. The Morgan fingerprint density at radius 2 is 2.16 bits per heavy atom. The topological polar surface area (TPSA) is 98.6 Å². The Balaban J connectivity index is 3.03. The van der Waals surface area contributed by atoms with Gasteiger partial charge in [-0.25, -0.2) is 0 Å². The lowest BCUT2D eigenvalue weighted by Gasteiger charge is -2.15. The normalized spacial score (nSPS) is 12.2. The van der Waals surface area contributed by atoms with Crippen LogP contribution in [0.25, 0.3) is 0 Å². The maximum Gasteiger partial charge on any atom is 0.273 e. The number of nitro benzene ring substituents is 1. The Morgan fingerprint density at radius 1 is 1.47 bits per heavy atom. The smallest absolute Gasteiger partial charge is 0.273 e. The van der Waals surface area contributed by atoms with Gasteiger partial charge in [0.25, 0.3) is 5.69 Å². The molecule has 106 valence electrons. The molecule has 0 saturated heterocycles. The zero-order valence-electron chi connectivity index (χ0n) is 11.3. The van der Waals surface area contributed by atoms with Crippen molar-refractivity contribution in [2.75, 3.05) is 7.11 Å². The predicted molar refractivity (Wildman–Crippen MR) is 72.4 cm³/mol. The van der Waals surface area contributed by atoms with Crippen molar-refractivity contribution in [3.05, 3.63) is 27.8 Å². The number of nitrogens with zero attached hydrogens (tertiary/aromatic N) is 1. The summed E-state index contributed by atoms with van der Waals surface area (Å²) in [7, 11) is 1.35. The number of non-ortho nitro benzene ring substituents is 1. The number of hydrogen-bond donors (Lipinski definition) is 2. The van der Waals surface area contributed by atoms with Crippen LogP contribution in [0, 0.1) is 10.1 Å². The van der Waals surface area contributed by atoms with E-state index in [-0.39, 0.29) is 17.2 Å². The highest BCUT2D eigenvalue weighted by atomic mass is 16.6. The molecule has 0 saturated carbocycles. The lowest BCUT2D eigenvalue weighted by molar-refractivity contribution is -0.385. The summed E-state index contributed by atoms with van der Waals surface area (Å²) >= 11 is 0. The molecule has 1 atom stereocenters. The van der Waals surface area contributed by atoms with Crippen molar-refractivity contribution in [2.24, 2.45) is 5.73 Å². The van der Waals surface area contributed by atoms with E-state index in [0.717, 1.165) is 19.3 Å². The second-order valence-corrected chi connectivity index (χ2v) is 4.45. The van der Waals surface area contributed by atoms with E-state index in [4.69, 9.17) is 10.5 Å². The Morgan fingerprint density at radius 3 is 2.68 bits per heavy atom. The molecule has 1 rings (SSSR count). The first-order valence-electron chi connectivity index (χ1n) is 6.32. The minimum absolute atomic E-state index is 0.0788. The summed E-state index contributed by atoms with van der Waals surface area (Å²) in [6.07, 6.45) is 3.70. The average molecular weight is 268 g/mol. The second kappa shape index (κ2) is 6.94. The first kappa shape index (κ1) is 15.2. The van der Waals surface area contributed by atoms with E-state index in [1.807, 2.05) is 0 Å². The molecule has 0 aliphatic heterocycles. The van der Waals surface area contributed by atoms with Crippen molar-refractivity contribution >= 4 is 5.69 Å². The fourth-order valence-corrected chi connectivity index (χ4v) is 1.93. The number of ether oxygens (including phenoxy) is 1. The summed E-state index contributed by atoms with van der Waals surface area (Å²) in [4.78, 5) is 10.3. The molecule has 0 aliphatic rings. The van der Waals surface area contributed by atoms with Gasteiger partial charge >= 0.3 is 0 Å². The summed E-state index contributed by atoms with van der Waals surface area (Å²) in [5, 5.41) is 20.8. The van der Waals surface area contributed by atoms with Gasteiger partial charge in [-0.2, -0.15) is 0 Å². The van der Waals surface area contributed by atoms with E-state index in [9.17, 15) is 15.2 Å². The minimum Gasteiger partial charge on any atom is -0.504 e. The van der Waals surface area contributed by atoms with Gasteiger partial charge in [-0.15, -0.1) is 0 Å². The van der Waals surface area contributed by atoms with Crippen LogP contribution in [0.5, 0.6) is 11.5 Å². The van der Waals surface area contributed by atoms with E-state index in [1.54, 1.807) is 0 Å². The number of aromatic hydroxyl groups is 1. The van der Waals surface area contributed by atoms with E-state index in [1.165, 1.54) is 19.2 Å². The summed E-state index contributed by atoms with van der Waals surface area (Å²) in [5.41, 5.74) is 6.23. The Kier molecular flexibility index (Phi) is 5.57. The van der Waals surface area contributed by atoms with Crippen molar-refractivity contribution in [1.29, 1.82) is 0 Å². The maximum atomic E-state index is 10.8. The number of methoxy groups -OCH3 is 1. The largest absolute Gasteiger partial charge is 0.504 e. The molecule has 1 aromatic rings. The molecule has 6 heteroatoms. The molecule has 6 nitrogen and oxygen atoms in total. The molecule has 0 aromatic heterocycles. The molecule has 0 radical (unpaired) electrons. The maximum absolute atomic E-state index is 10.8. The molecular formula is C13H20N2O4. The van der Waals surface area contributed by atoms with Gasteiger partial charge in [-0.1, -0.05) is 26.2 Å². The van der Waals surface area contributed by atoms with E-state index in [2.05, 4.69) is 6.92 Å². The molecule has 0 heterocycles. The van der Waals surface area contributed by atoms with Crippen molar-refractivity contribution in [3.63, 3.8) is 0 Å². The average Bonchev–Trinajstić information content (AvgIpc) is 2.38. The van der Waals surface area contributed by atoms with Crippen LogP contribution in [0.3, 0.4) is 0 Å². The number of phenolic OH excluding ortho intramolecular Hbond substituents is 1. The zero-order valence-corrected chi connectivity index (χ0v) is 11.3. The highest BCUT2D eigenvalue weighted by Gasteiger charge is 2.20. The molecule has 0 aliphatic carbocycles. The highest BCUT2D eigenvalue weighted by Crippen LogP contribution is 2.38. The van der Waals surface area contributed by atoms with Gasteiger partial charge < -0.3 is 15.6 Å². The number of phenols is 1. The minimum atomic E-state index is -0.524. The number of nitrogens with two attached hydrogens (primary N) is 1. The van der Waals surface area contributed by atoms with Gasteiger partial charge in [0.1, 0.15) is 0 Å². The summed E-state index contributed by atoms with van der Waals surface area (Å²) in [5.74, 6) is -0.0350. The Hall–Kier alpha value is -1.82. The predicted octanol–water partition coefficient (Wildman–Crippen LogP) is 2.89. The van der Waals surface area contributed by atoms with E-state index in [0.29, 0.717) is 12.0 Å². The molecule has 3 N–H and O–H groups in total. The Labute approximate surface area is 112 Å².